The Bertz CT molecular complexity index is 545. The van der Waals surface area contributed by atoms with E-state index in [-0.39, 0.29) is 6.04 Å². The standard InChI is InChI=1S/C18H21N/c19-18(12-14-6-2-1-3-7-14)17-11-10-15-8-4-5-9-16(15)13-17/h1-3,6-7,10-11,13,18H,4-5,8-9,12,19H2. The number of fused-ring (bicyclic) bond motifs is 1. The maximum atomic E-state index is 6.36. The minimum atomic E-state index is 0.106. The van der Waals surface area contributed by atoms with Gasteiger partial charge in [0.15, 0.2) is 0 Å². The van der Waals surface area contributed by atoms with Crippen LogP contribution in [-0.4, -0.2) is 0 Å². The Morgan fingerprint density at radius 2 is 1.63 bits per heavy atom. The van der Waals surface area contributed by atoms with Gasteiger partial charge in [0, 0.05) is 6.04 Å². The molecule has 3 rings (SSSR count). The number of aryl methyl sites for hydroxylation is 2. The van der Waals surface area contributed by atoms with Gasteiger partial charge in [0.1, 0.15) is 0 Å². The summed E-state index contributed by atoms with van der Waals surface area (Å²) in [5.41, 5.74) is 12.0. The van der Waals surface area contributed by atoms with Gasteiger partial charge in [0.25, 0.3) is 0 Å². The monoisotopic (exact) mass is 251 g/mol. The summed E-state index contributed by atoms with van der Waals surface area (Å²) < 4.78 is 0. The molecule has 0 fully saturated rings. The van der Waals surface area contributed by atoms with Gasteiger partial charge in [-0.25, -0.2) is 0 Å². The van der Waals surface area contributed by atoms with Crippen molar-refractivity contribution in [1.82, 2.24) is 0 Å². The molecule has 1 atom stereocenters. The van der Waals surface area contributed by atoms with E-state index in [4.69, 9.17) is 5.73 Å². The third-order valence-electron chi connectivity index (χ3n) is 4.10. The number of nitrogens with two attached hydrogens (primary N) is 1. The summed E-state index contributed by atoms with van der Waals surface area (Å²) in [5, 5.41) is 0. The topological polar surface area (TPSA) is 26.0 Å². The molecule has 1 nitrogen and oxygen atoms in total. The van der Waals surface area contributed by atoms with Gasteiger partial charge in [0.05, 0.1) is 0 Å². The number of hydrogen-bond acceptors (Lipinski definition) is 1. The van der Waals surface area contributed by atoms with Crippen LogP contribution in [0, 0.1) is 0 Å². The summed E-state index contributed by atoms with van der Waals surface area (Å²) in [6, 6.07) is 17.5. The van der Waals surface area contributed by atoms with Crippen LogP contribution in [0.3, 0.4) is 0 Å². The average Bonchev–Trinajstić information content (AvgIpc) is 2.48. The molecular formula is C18H21N. The molecule has 0 heterocycles. The van der Waals surface area contributed by atoms with Crippen molar-refractivity contribution in [2.45, 2.75) is 38.1 Å². The van der Waals surface area contributed by atoms with Gasteiger partial charge in [-0.05, 0) is 54.4 Å². The lowest BCUT2D eigenvalue weighted by atomic mass is 9.88. The molecule has 19 heavy (non-hydrogen) atoms. The van der Waals surface area contributed by atoms with Crippen LogP contribution in [0.25, 0.3) is 0 Å². The van der Waals surface area contributed by atoms with Crippen LogP contribution in [-0.2, 0) is 19.3 Å². The summed E-state index contributed by atoms with van der Waals surface area (Å²) in [7, 11) is 0. The van der Waals surface area contributed by atoms with Gasteiger partial charge in [0.2, 0.25) is 0 Å². The van der Waals surface area contributed by atoms with E-state index < -0.39 is 0 Å². The molecule has 2 aromatic rings. The highest BCUT2D eigenvalue weighted by molar-refractivity contribution is 5.35. The van der Waals surface area contributed by atoms with E-state index in [0.717, 1.165) is 6.42 Å². The fourth-order valence-corrected chi connectivity index (χ4v) is 2.97. The summed E-state index contributed by atoms with van der Waals surface area (Å²) >= 11 is 0. The molecule has 0 spiro atoms. The second kappa shape index (κ2) is 5.58. The molecule has 2 aromatic carbocycles. The zero-order valence-corrected chi connectivity index (χ0v) is 11.3. The normalized spacial score (nSPS) is 15.8. The summed E-state index contributed by atoms with van der Waals surface area (Å²) in [6.45, 7) is 0. The molecule has 0 bridgehead atoms. The van der Waals surface area contributed by atoms with E-state index in [0.29, 0.717) is 0 Å². The average molecular weight is 251 g/mol. The van der Waals surface area contributed by atoms with E-state index in [1.165, 1.54) is 47.9 Å². The van der Waals surface area contributed by atoms with Crippen molar-refractivity contribution in [2.75, 3.05) is 0 Å². The van der Waals surface area contributed by atoms with Gasteiger partial charge in [-0.1, -0.05) is 48.5 Å². The first-order valence-electron chi connectivity index (χ1n) is 7.24. The lowest BCUT2D eigenvalue weighted by Gasteiger charge is -2.19. The summed E-state index contributed by atoms with van der Waals surface area (Å²) in [6.07, 6.45) is 6.04. The predicted molar refractivity (Wildman–Crippen MR) is 80.2 cm³/mol. The number of rotatable bonds is 3. The zero-order chi connectivity index (χ0) is 13.1. The summed E-state index contributed by atoms with van der Waals surface area (Å²) in [5.74, 6) is 0. The molecule has 0 saturated carbocycles. The number of hydrogen-bond donors (Lipinski definition) is 1. The van der Waals surface area contributed by atoms with Crippen molar-refractivity contribution < 1.29 is 0 Å². The molecule has 1 unspecified atom stereocenters. The highest BCUT2D eigenvalue weighted by Gasteiger charge is 2.12. The first kappa shape index (κ1) is 12.4. The lowest BCUT2D eigenvalue weighted by Crippen LogP contribution is -2.14. The first-order chi connectivity index (χ1) is 9.33. The van der Waals surface area contributed by atoms with Crippen molar-refractivity contribution in [3.63, 3.8) is 0 Å². The van der Waals surface area contributed by atoms with Gasteiger partial charge >= 0.3 is 0 Å². The Hall–Kier alpha value is -1.60. The van der Waals surface area contributed by atoms with Gasteiger partial charge < -0.3 is 5.73 Å². The van der Waals surface area contributed by atoms with Gasteiger partial charge in [-0.2, -0.15) is 0 Å². The Morgan fingerprint density at radius 3 is 2.42 bits per heavy atom. The predicted octanol–water partition coefficient (Wildman–Crippen LogP) is 3.81. The SMILES string of the molecule is NC(Cc1ccccc1)c1ccc2c(c1)CCCC2. The maximum absolute atomic E-state index is 6.36. The second-order valence-corrected chi connectivity index (χ2v) is 5.53. The third-order valence-corrected chi connectivity index (χ3v) is 4.10. The van der Waals surface area contributed by atoms with Gasteiger partial charge in [-0.15, -0.1) is 0 Å². The maximum Gasteiger partial charge on any atom is 0.0335 e. The fourth-order valence-electron chi connectivity index (χ4n) is 2.97. The van der Waals surface area contributed by atoms with Gasteiger partial charge in [-0.3, -0.25) is 0 Å². The van der Waals surface area contributed by atoms with Crippen molar-refractivity contribution in [3.8, 4) is 0 Å². The molecule has 0 saturated heterocycles. The lowest BCUT2D eigenvalue weighted by molar-refractivity contribution is 0.675. The van der Waals surface area contributed by atoms with Crippen LogP contribution < -0.4 is 5.73 Å². The first-order valence-corrected chi connectivity index (χ1v) is 7.24. The van der Waals surface area contributed by atoms with E-state index in [1.54, 1.807) is 0 Å². The van der Waals surface area contributed by atoms with E-state index in [2.05, 4.69) is 42.5 Å². The molecule has 0 aliphatic heterocycles. The van der Waals surface area contributed by atoms with Crippen LogP contribution in [0.4, 0.5) is 0 Å². The van der Waals surface area contributed by atoms with Crippen molar-refractivity contribution in [1.29, 1.82) is 0 Å². The Kier molecular flexibility index (Phi) is 3.65. The Labute approximate surface area is 115 Å². The smallest absolute Gasteiger partial charge is 0.0335 e. The molecule has 0 amide bonds. The van der Waals surface area contributed by atoms with Crippen LogP contribution in [0.1, 0.15) is 41.1 Å². The Morgan fingerprint density at radius 1 is 0.895 bits per heavy atom. The largest absolute Gasteiger partial charge is 0.324 e. The highest BCUT2D eigenvalue weighted by atomic mass is 14.6. The van der Waals surface area contributed by atoms with E-state index in [1.807, 2.05) is 6.07 Å². The molecular weight excluding hydrogens is 230 g/mol. The molecule has 1 heteroatoms. The van der Waals surface area contributed by atoms with Crippen LogP contribution in [0.5, 0.6) is 0 Å². The van der Waals surface area contributed by atoms with Crippen molar-refractivity contribution >= 4 is 0 Å². The number of benzene rings is 2. The molecule has 98 valence electrons. The quantitative estimate of drug-likeness (QED) is 0.882. The molecule has 1 aliphatic rings. The van der Waals surface area contributed by atoms with Crippen molar-refractivity contribution in [2.24, 2.45) is 5.73 Å². The van der Waals surface area contributed by atoms with Crippen LogP contribution in [0.2, 0.25) is 0 Å². The van der Waals surface area contributed by atoms with Crippen molar-refractivity contribution in [3.05, 3.63) is 70.8 Å². The fraction of sp³-hybridized carbons (Fsp3) is 0.333. The molecule has 2 N–H and O–H groups in total. The second-order valence-electron chi connectivity index (χ2n) is 5.53. The minimum Gasteiger partial charge on any atom is -0.324 e. The van der Waals surface area contributed by atoms with E-state index >= 15 is 0 Å². The third kappa shape index (κ3) is 2.87. The van der Waals surface area contributed by atoms with Crippen LogP contribution in [0.15, 0.2) is 48.5 Å². The molecule has 0 radical (unpaired) electrons. The molecule has 0 aromatic heterocycles. The summed E-state index contributed by atoms with van der Waals surface area (Å²) in [4.78, 5) is 0. The van der Waals surface area contributed by atoms with E-state index in [9.17, 15) is 0 Å². The highest BCUT2D eigenvalue weighted by Crippen LogP contribution is 2.25. The minimum absolute atomic E-state index is 0.106. The molecule has 1 aliphatic carbocycles. The van der Waals surface area contributed by atoms with Crippen LogP contribution >= 0.6 is 0 Å². The Balaban J connectivity index is 1.78. The zero-order valence-electron chi connectivity index (χ0n) is 11.3.